The van der Waals surface area contributed by atoms with Gasteiger partial charge >= 0.3 is 0 Å². The molecule has 0 bridgehead atoms. The summed E-state index contributed by atoms with van der Waals surface area (Å²) in [6.07, 6.45) is 0. The monoisotopic (exact) mass is 291 g/mol. The third kappa shape index (κ3) is 2.55. The average molecular weight is 291 g/mol. The van der Waals surface area contributed by atoms with Crippen molar-refractivity contribution < 1.29 is 0 Å². The number of thioether (sulfide) groups is 1. The first-order valence-electron chi connectivity index (χ1n) is 6.58. The van der Waals surface area contributed by atoms with E-state index in [0.29, 0.717) is 12.0 Å². The maximum Gasteiger partial charge on any atom is 0.134 e. The minimum atomic E-state index is 0.292. The minimum Gasteiger partial charge on any atom is -0.308 e. The van der Waals surface area contributed by atoms with Crippen LogP contribution in [0.25, 0.3) is 0 Å². The molecule has 2 unspecified atom stereocenters. The van der Waals surface area contributed by atoms with Crippen molar-refractivity contribution in [3.05, 3.63) is 39.8 Å². The average Bonchev–Trinajstić information content (AvgIpc) is 3.05. The highest BCUT2D eigenvalue weighted by molar-refractivity contribution is 7.99. The van der Waals surface area contributed by atoms with Crippen LogP contribution in [0.5, 0.6) is 0 Å². The van der Waals surface area contributed by atoms with Gasteiger partial charge in [0, 0.05) is 16.6 Å². The molecule has 3 nitrogen and oxygen atoms in total. The molecule has 1 aromatic heterocycles. The van der Waals surface area contributed by atoms with Crippen molar-refractivity contribution in [1.29, 1.82) is 0 Å². The Bertz CT molecular complexity index is 567. The molecule has 0 saturated heterocycles. The largest absolute Gasteiger partial charge is 0.308 e. The third-order valence-electron chi connectivity index (χ3n) is 3.34. The molecule has 19 heavy (non-hydrogen) atoms. The molecule has 1 aliphatic rings. The maximum absolute atomic E-state index is 4.42. The van der Waals surface area contributed by atoms with Crippen LogP contribution < -0.4 is 5.32 Å². The summed E-state index contributed by atoms with van der Waals surface area (Å²) in [6.45, 7) is 5.21. The summed E-state index contributed by atoms with van der Waals surface area (Å²) < 4.78 is 0. The quantitative estimate of drug-likeness (QED) is 0.936. The molecule has 0 radical (unpaired) electrons. The predicted octanol–water partition coefficient (Wildman–Crippen LogP) is 3.45. The number of benzene rings is 1. The van der Waals surface area contributed by atoms with Crippen LogP contribution >= 0.6 is 23.1 Å². The normalized spacial score (nSPS) is 19.4. The van der Waals surface area contributed by atoms with Crippen LogP contribution in [-0.2, 0) is 0 Å². The van der Waals surface area contributed by atoms with E-state index in [0.717, 1.165) is 22.3 Å². The minimum absolute atomic E-state index is 0.292. The Labute approximate surface area is 121 Å². The summed E-state index contributed by atoms with van der Waals surface area (Å²) >= 11 is 3.67. The molecule has 0 amide bonds. The summed E-state index contributed by atoms with van der Waals surface area (Å²) in [5.41, 5.74) is 1.41. The maximum atomic E-state index is 4.42. The van der Waals surface area contributed by atoms with E-state index in [1.54, 1.807) is 11.3 Å². The molecule has 2 aromatic rings. The molecule has 0 spiro atoms. The van der Waals surface area contributed by atoms with Crippen molar-refractivity contribution >= 4 is 23.1 Å². The van der Waals surface area contributed by atoms with Crippen LogP contribution in [0.1, 0.15) is 41.4 Å². The third-order valence-corrected chi connectivity index (χ3v) is 5.74. The van der Waals surface area contributed by atoms with Gasteiger partial charge in [0.05, 0.1) is 6.04 Å². The summed E-state index contributed by atoms with van der Waals surface area (Å²) in [5.74, 6) is 1.50. The van der Waals surface area contributed by atoms with Gasteiger partial charge in [-0.15, -0.1) is 22.0 Å². The summed E-state index contributed by atoms with van der Waals surface area (Å²) in [4.78, 5) is 1.39. The molecule has 0 fully saturated rings. The van der Waals surface area contributed by atoms with Crippen LogP contribution in [0.2, 0.25) is 0 Å². The molecular weight excluding hydrogens is 274 g/mol. The van der Waals surface area contributed by atoms with E-state index in [-0.39, 0.29) is 0 Å². The highest BCUT2D eigenvalue weighted by Gasteiger charge is 2.27. The fourth-order valence-corrected chi connectivity index (χ4v) is 4.65. The molecule has 5 heteroatoms. The molecule has 0 saturated carbocycles. The molecule has 2 atom stereocenters. The van der Waals surface area contributed by atoms with E-state index >= 15 is 0 Å². The zero-order chi connectivity index (χ0) is 13.2. The topological polar surface area (TPSA) is 37.8 Å². The van der Waals surface area contributed by atoms with Crippen molar-refractivity contribution in [2.75, 3.05) is 12.3 Å². The first-order valence-corrected chi connectivity index (χ1v) is 8.38. The Kier molecular flexibility index (Phi) is 3.86. The first kappa shape index (κ1) is 13.1. The number of hydrogen-bond donors (Lipinski definition) is 1. The van der Waals surface area contributed by atoms with Crippen molar-refractivity contribution in [3.8, 4) is 0 Å². The number of fused-ring (bicyclic) bond motifs is 1. The zero-order valence-electron chi connectivity index (χ0n) is 11.1. The van der Waals surface area contributed by atoms with Crippen LogP contribution in [0, 0.1) is 0 Å². The van der Waals surface area contributed by atoms with E-state index in [4.69, 9.17) is 0 Å². The Balaban J connectivity index is 1.85. The van der Waals surface area contributed by atoms with Gasteiger partial charge in [-0.1, -0.05) is 36.5 Å². The number of nitrogens with zero attached hydrogens (tertiary/aromatic N) is 2. The Morgan fingerprint density at radius 1 is 1.37 bits per heavy atom. The second kappa shape index (κ2) is 5.61. The lowest BCUT2D eigenvalue weighted by Gasteiger charge is -2.07. The fourth-order valence-electron chi connectivity index (χ4n) is 2.32. The van der Waals surface area contributed by atoms with Crippen LogP contribution in [0.4, 0.5) is 0 Å². The molecular formula is C14H17N3S2. The van der Waals surface area contributed by atoms with Gasteiger partial charge in [0.15, 0.2) is 0 Å². The summed E-state index contributed by atoms with van der Waals surface area (Å²) in [5, 5.41) is 14.4. The van der Waals surface area contributed by atoms with Gasteiger partial charge in [0.25, 0.3) is 0 Å². The second-order valence-corrected chi connectivity index (χ2v) is 6.76. The lowest BCUT2D eigenvalue weighted by atomic mass is 10.0. The van der Waals surface area contributed by atoms with Crippen molar-refractivity contribution in [2.45, 2.75) is 30.7 Å². The lowest BCUT2D eigenvalue weighted by molar-refractivity contribution is 0.589. The molecule has 3 rings (SSSR count). The molecule has 1 aromatic carbocycles. The smallest absolute Gasteiger partial charge is 0.134 e. The predicted molar refractivity (Wildman–Crippen MR) is 81.0 cm³/mol. The molecule has 100 valence electrons. The number of rotatable bonds is 4. The summed E-state index contributed by atoms with van der Waals surface area (Å²) in [6, 6.07) is 8.92. The van der Waals surface area contributed by atoms with E-state index in [9.17, 15) is 0 Å². The standard InChI is InChI=1S/C14H17N3S2/c1-3-15-9(2)13-16-17-14(19-13)11-8-18-12-7-5-4-6-10(11)12/h4-7,9,11,15H,3,8H2,1-2H3. The van der Waals surface area contributed by atoms with E-state index in [1.165, 1.54) is 10.5 Å². The fraction of sp³-hybridized carbons (Fsp3) is 0.429. The molecule has 1 aliphatic heterocycles. The lowest BCUT2D eigenvalue weighted by Crippen LogP contribution is -2.17. The van der Waals surface area contributed by atoms with Gasteiger partial charge in [-0.25, -0.2) is 0 Å². The Morgan fingerprint density at radius 3 is 3.05 bits per heavy atom. The van der Waals surface area contributed by atoms with Gasteiger partial charge in [-0.2, -0.15) is 0 Å². The van der Waals surface area contributed by atoms with Crippen LogP contribution in [0.3, 0.4) is 0 Å². The van der Waals surface area contributed by atoms with Crippen molar-refractivity contribution in [1.82, 2.24) is 15.5 Å². The van der Waals surface area contributed by atoms with Gasteiger partial charge in [0.2, 0.25) is 0 Å². The van der Waals surface area contributed by atoms with Gasteiger partial charge in [0.1, 0.15) is 10.0 Å². The van der Waals surface area contributed by atoms with Gasteiger partial charge in [-0.3, -0.25) is 0 Å². The van der Waals surface area contributed by atoms with Crippen molar-refractivity contribution in [2.24, 2.45) is 0 Å². The van der Waals surface area contributed by atoms with Crippen LogP contribution in [-0.4, -0.2) is 22.5 Å². The zero-order valence-corrected chi connectivity index (χ0v) is 12.7. The number of nitrogens with one attached hydrogen (secondary N) is 1. The van der Waals surface area contributed by atoms with Crippen LogP contribution in [0.15, 0.2) is 29.2 Å². The summed E-state index contributed by atoms with van der Waals surface area (Å²) in [7, 11) is 0. The number of hydrogen-bond acceptors (Lipinski definition) is 5. The second-order valence-electron chi connectivity index (χ2n) is 4.66. The van der Waals surface area contributed by atoms with Gasteiger partial charge < -0.3 is 5.32 Å². The Hall–Kier alpha value is -0.910. The van der Waals surface area contributed by atoms with E-state index in [2.05, 4.69) is 53.6 Å². The molecule has 0 aliphatic carbocycles. The first-order chi connectivity index (χ1) is 9.29. The van der Waals surface area contributed by atoms with E-state index < -0.39 is 0 Å². The van der Waals surface area contributed by atoms with Gasteiger partial charge in [-0.05, 0) is 25.1 Å². The molecule has 2 heterocycles. The van der Waals surface area contributed by atoms with E-state index in [1.807, 2.05) is 11.8 Å². The van der Waals surface area contributed by atoms with Crippen molar-refractivity contribution in [3.63, 3.8) is 0 Å². The Morgan fingerprint density at radius 2 is 2.21 bits per heavy atom. The number of aromatic nitrogens is 2. The SMILES string of the molecule is CCNC(C)c1nnc(C2CSc3ccccc32)s1. The molecule has 1 N–H and O–H groups in total. The highest BCUT2D eigenvalue weighted by Crippen LogP contribution is 2.43. The highest BCUT2D eigenvalue weighted by atomic mass is 32.2.